The number of carbonyl (C=O) groups is 3. The highest BCUT2D eigenvalue weighted by molar-refractivity contribution is 9.10. The van der Waals surface area contributed by atoms with Gasteiger partial charge in [-0.05, 0) is 64.8 Å². The number of urea groups is 1. The Hall–Kier alpha value is -3.04. The van der Waals surface area contributed by atoms with E-state index in [1.54, 1.807) is 37.3 Å². The van der Waals surface area contributed by atoms with Gasteiger partial charge in [0.2, 0.25) is 0 Å². The van der Waals surface area contributed by atoms with Gasteiger partial charge >= 0.3 is 12.0 Å². The molecule has 1 heterocycles. The number of imide groups is 1. The molecule has 0 spiro atoms. The van der Waals surface area contributed by atoms with Gasteiger partial charge in [0.15, 0.2) is 18.1 Å². The molecule has 10 heteroatoms. The molecule has 1 saturated heterocycles. The molecule has 1 aliphatic rings. The van der Waals surface area contributed by atoms with Crippen LogP contribution in [0.25, 0.3) is 6.08 Å². The monoisotopic (exact) mass is 508 g/mol. The molecule has 8 nitrogen and oxygen atoms in total. The minimum absolute atomic E-state index is 0.0857. The average Bonchev–Trinajstić information content (AvgIpc) is 3.00. The second-order valence-corrected chi connectivity index (χ2v) is 7.53. The molecule has 162 valence electrons. The van der Waals surface area contributed by atoms with Crippen LogP contribution in [0.15, 0.2) is 46.6 Å². The van der Waals surface area contributed by atoms with Crippen molar-refractivity contribution in [1.82, 2.24) is 5.32 Å². The van der Waals surface area contributed by atoms with Crippen molar-refractivity contribution in [3.05, 3.63) is 57.2 Å². The number of carbonyl (C=O) groups excluding carboxylic acids is 3. The zero-order valence-electron chi connectivity index (χ0n) is 16.6. The summed E-state index contributed by atoms with van der Waals surface area (Å²) in [5.74, 6) is -0.388. The lowest BCUT2D eigenvalue weighted by Crippen LogP contribution is -2.30. The number of hydrogen-bond donors (Lipinski definition) is 1. The van der Waals surface area contributed by atoms with Crippen molar-refractivity contribution < 1.29 is 28.6 Å². The summed E-state index contributed by atoms with van der Waals surface area (Å²) in [5, 5.41) is 2.97. The first kappa shape index (κ1) is 22.6. The van der Waals surface area contributed by atoms with E-state index in [1.807, 2.05) is 0 Å². The molecule has 0 unspecified atom stereocenters. The minimum Gasteiger partial charge on any atom is -0.490 e. The molecular weight excluding hydrogens is 492 g/mol. The standard InChI is InChI=1S/C21H18BrClN2O6/c1-3-30-17-9-12(7-15(22)19(17)31-11-18(26)29-2)8-16-20(27)25(21(28)24-16)14-6-4-5-13(23)10-14/h4-10H,3,11H2,1-2H3,(H,24,28)/b16-8+. The quantitative estimate of drug-likeness (QED) is 0.342. The van der Waals surface area contributed by atoms with Gasteiger partial charge in [-0.25, -0.2) is 14.5 Å². The van der Waals surface area contributed by atoms with Gasteiger partial charge in [0.05, 0.1) is 23.9 Å². The van der Waals surface area contributed by atoms with Crippen molar-refractivity contribution >= 4 is 57.2 Å². The first-order chi connectivity index (χ1) is 14.8. The van der Waals surface area contributed by atoms with E-state index in [0.717, 1.165) is 4.90 Å². The van der Waals surface area contributed by atoms with Crippen LogP contribution in [0.5, 0.6) is 11.5 Å². The lowest BCUT2D eigenvalue weighted by molar-refractivity contribution is -0.142. The fraction of sp³-hybridized carbons (Fsp3) is 0.190. The van der Waals surface area contributed by atoms with Gasteiger partial charge in [0, 0.05) is 5.02 Å². The van der Waals surface area contributed by atoms with Gasteiger partial charge in [-0.2, -0.15) is 0 Å². The highest BCUT2D eigenvalue weighted by Gasteiger charge is 2.35. The molecule has 3 amide bonds. The Balaban J connectivity index is 1.91. The third-order valence-electron chi connectivity index (χ3n) is 4.15. The van der Waals surface area contributed by atoms with E-state index in [2.05, 4.69) is 26.0 Å². The summed E-state index contributed by atoms with van der Waals surface area (Å²) < 4.78 is 16.2. The maximum absolute atomic E-state index is 12.8. The summed E-state index contributed by atoms with van der Waals surface area (Å²) in [4.78, 5) is 37.6. The summed E-state index contributed by atoms with van der Waals surface area (Å²) in [5.41, 5.74) is 1.01. The van der Waals surface area contributed by atoms with Crippen molar-refractivity contribution in [2.45, 2.75) is 6.92 Å². The van der Waals surface area contributed by atoms with Crippen molar-refractivity contribution in [2.24, 2.45) is 0 Å². The molecule has 1 fully saturated rings. The first-order valence-electron chi connectivity index (χ1n) is 9.12. The SMILES string of the molecule is CCOc1cc(/C=C2/NC(=O)N(c3cccc(Cl)c3)C2=O)cc(Br)c1OCC(=O)OC. The lowest BCUT2D eigenvalue weighted by atomic mass is 10.1. The van der Waals surface area contributed by atoms with Gasteiger partial charge in [-0.3, -0.25) is 4.79 Å². The van der Waals surface area contributed by atoms with E-state index in [-0.39, 0.29) is 12.3 Å². The number of hydrogen-bond acceptors (Lipinski definition) is 6. The summed E-state index contributed by atoms with van der Waals surface area (Å²) in [6.45, 7) is 1.85. The van der Waals surface area contributed by atoms with Crippen molar-refractivity contribution in [3.63, 3.8) is 0 Å². The summed E-state index contributed by atoms with van der Waals surface area (Å²) in [6.07, 6.45) is 1.52. The molecule has 1 N–H and O–H groups in total. The van der Waals surface area contributed by atoms with Gasteiger partial charge in [0.1, 0.15) is 5.70 Å². The van der Waals surface area contributed by atoms with Crippen LogP contribution in [-0.4, -0.2) is 38.2 Å². The second-order valence-electron chi connectivity index (χ2n) is 6.24. The Morgan fingerprint density at radius 3 is 2.68 bits per heavy atom. The molecule has 0 aromatic heterocycles. The fourth-order valence-electron chi connectivity index (χ4n) is 2.82. The van der Waals surface area contributed by atoms with Crippen molar-refractivity contribution in [3.8, 4) is 11.5 Å². The zero-order valence-corrected chi connectivity index (χ0v) is 19.0. The maximum atomic E-state index is 12.8. The Bertz CT molecular complexity index is 1070. The van der Waals surface area contributed by atoms with Gasteiger partial charge < -0.3 is 19.5 Å². The van der Waals surface area contributed by atoms with Gasteiger partial charge in [-0.15, -0.1) is 0 Å². The van der Waals surface area contributed by atoms with Crippen LogP contribution >= 0.6 is 27.5 Å². The van der Waals surface area contributed by atoms with Crippen LogP contribution in [-0.2, 0) is 14.3 Å². The molecule has 3 rings (SSSR count). The minimum atomic E-state index is -0.583. The zero-order chi connectivity index (χ0) is 22.5. The molecule has 0 saturated carbocycles. The summed E-state index contributed by atoms with van der Waals surface area (Å²) in [6, 6.07) is 9.16. The molecule has 2 aromatic rings. The third kappa shape index (κ3) is 5.18. The summed E-state index contributed by atoms with van der Waals surface area (Å²) >= 11 is 9.36. The van der Waals surface area contributed by atoms with Crippen LogP contribution in [0.4, 0.5) is 10.5 Å². The highest BCUT2D eigenvalue weighted by atomic mass is 79.9. The predicted molar refractivity (Wildman–Crippen MR) is 118 cm³/mol. The van der Waals surface area contributed by atoms with Crippen LogP contribution in [0.3, 0.4) is 0 Å². The van der Waals surface area contributed by atoms with E-state index in [9.17, 15) is 14.4 Å². The highest BCUT2D eigenvalue weighted by Crippen LogP contribution is 2.38. The van der Waals surface area contributed by atoms with E-state index in [0.29, 0.717) is 38.9 Å². The number of amides is 3. The van der Waals surface area contributed by atoms with E-state index >= 15 is 0 Å². The Labute approximate surface area is 191 Å². The number of methoxy groups -OCH3 is 1. The lowest BCUT2D eigenvalue weighted by Gasteiger charge is -2.14. The molecule has 31 heavy (non-hydrogen) atoms. The fourth-order valence-corrected chi connectivity index (χ4v) is 3.57. The average molecular weight is 510 g/mol. The van der Waals surface area contributed by atoms with Gasteiger partial charge in [0.25, 0.3) is 5.91 Å². The van der Waals surface area contributed by atoms with Crippen molar-refractivity contribution in [2.75, 3.05) is 25.2 Å². The third-order valence-corrected chi connectivity index (χ3v) is 4.97. The number of benzene rings is 2. The number of anilines is 1. The topological polar surface area (TPSA) is 94.2 Å². The summed E-state index contributed by atoms with van der Waals surface area (Å²) in [7, 11) is 1.26. The molecular formula is C21H18BrClN2O6. The number of ether oxygens (including phenoxy) is 3. The van der Waals surface area contributed by atoms with E-state index < -0.39 is 17.9 Å². The van der Waals surface area contributed by atoms with Crippen LogP contribution in [0, 0.1) is 0 Å². The molecule has 2 aromatic carbocycles. The number of halogens is 2. The molecule has 0 atom stereocenters. The Kier molecular flexibility index (Phi) is 7.19. The molecule has 0 aliphatic carbocycles. The normalized spacial score (nSPS) is 14.6. The Morgan fingerprint density at radius 2 is 2.00 bits per heavy atom. The van der Waals surface area contributed by atoms with Gasteiger partial charge in [-0.1, -0.05) is 17.7 Å². The molecule has 0 radical (unpaired) electrons. The number of esters is 1. The largest absolute Gasteiger partial charge is 0.490 e. The smallest absolute Gasteiger partial charge is 0.343 e. The van der Waals surface area contributed by atoms with E-state index in [4.69, 9.17) is 21.1 Å². The number of rotatable bonds is 7. The van der Waals surface area contributed by atoms with Crippen LogP contribution in [0.1, 0.15) is 12.5 Å². The first-order valence-corrected chi connectivity index (χ1v) is 10.3. The van der Waals surface area contributed by atoms with E-state index in [1.165, 1.54) is 19.3 Å². The maximum Gasteiger partial charge on any atom is 0.343 e. The number of nitrogens with zero attached hydrogens (tertiary/aromatic N) is 1. The van der Waals surface area contributed by atoms with Crippen LogP contribution in [0.2, 0.25) is 5.02 Å². The second kappa shape index (κ2) is 9.84. The molecule has 0 bridgehead atoms. The number of nitrogens with one attached hydrogen (secondary N) is 1. The van der Waals surface area contributed by atoms with Crippen molar-refractivity contribution in [1.29, 1.82) is 0 Å². The van der Waals surface area contributed by atoms with Crippen LogP contribution < -0.4 is 19.7 Å². The molecule has 1 aliphatic heterocycles. The Morgan fingerprint density at radius 1 is 1.23 bits per heavy atom. The predicted octanol–water partition coefficient (Wildman–Crippen LogP) is 4.15.